The smallest absolute Gasteiger partial charge is 0.112 e. The summed E-state index contributed by atoms with van der Waals surface area (Å²) in [5.41, 5.74) is 5.38. The molecule has 0 saturated heterocycles. The Labute approximate surface area is 113 Å². The minimum absolute atomic E-state index is 0.0311. The Hall–Kier alpha value is -1.68. The second-order valence-electron chi connectivity index (χ2n) is 5.39. The Balaban J connectivity index is 2.08. The molecule has 100 valence electrons. The molecule has 19 heavy (non-hydrogen) atoms. The molecule has 0 atom stereocenters. The average molecular weight is 257 g/mol. The van der Waals surface area contributed by atoms with Crippen molar-refractivity contribution < 1.29 is 5.11 Å². The molecule has 1 aromatic carbocycles. The van der Waals surface area contributed by atoms with Crippen molar-refractivity contribution in [1.82, 2.24) is 15.0 Å². The summed E-state index contributed by atoms with van der Waals surface area (Å²) < 4.78 is 1.90. The van der Waals surface area contributed by atoms with Crippen molar-refractivity contribution in [2.45, 2.75) is 45.6 Å². The lowest BCUT2D eigenvalue weighted by Crippen LogP contribution is -2.16. The van der Waals surface area contributed by atoms with Gasteiger partial charge in [0.2, 0.25) is 0 Å². The first-order valence-corrected chi connectivity index (χ1v) is 6.83. The fourth-order valence-electron chi connectivity index (χ4n) is 2.57. The van der Waals surface area contributed by atoms with Crippen LogP contribution < -0.4 is 0 Å². The van der Waals surface area contributed by atoms with Gasteiger partial charge in [0.1, 0.15) is 5.69 Å². The Kier molecular flexibility index (Phi) is 3.11. The van der Waals surface area contributed by atoms with Crippen LogP contribution in [0.25, 0.3) is 5.69 Å². The van der Waals surface area contributed by atoms with E-state index in [1.807, 2.05) is 4.68 Å². The topological polar surface area (TPSA) is 50.9 Å². The van der Waals surface area contributed by atoms with Crippen molar-refractivity contribution in [1.29, 1.82) is 0 Å². The standard InChI is InChI=1S/C15H19N3O/c1-10-6-7-13(8-11(10)2)18-15(12-4-3-5-12)14(9-19)16-17-18/h6-8,12,19H,3-5,9H2,1-2H3. The monoisotopic (exact) mass is 257 g/mol. The zero-order valence-electron chi connectivity index (χ0n) is 11.4. The number of aliphatic hydroxyl groups is 1. The van der Waals surface area contributed by atoms with Crippen LogP contribution in [0, 0.1) is 13.8 Å². The minimum atomic E-state index is -0.0311. The molecule has 0 spiro atoms. The molecule has 4 heteroatoms. The number of aliphatic hydroxyl groups excluding tert-OH is 1. The zero-order valence-corrected chi connectivity index (χ0v) is 11.4. The average Bonchev–Trinajstić information content (AvgIpc) is 2.74. The summed E-state index contributed by atoms with van der Waals surface area (Å²) in [6.07, 6.45) is 3.60. The van der Waals surface area contributed by atoms with Crippen molar-refractivity contribution in [3.63, 3.8) is 0 Å². The van der Waals surface area contributed by atoms with Gasteiger partial charge in [0, 0.05) is 5.92 Å². The van der Waals surface area contributed by atoms with Crippen molar-refractivity contribution in [3.8, 4) is 5.69 Å². The van der Waals surface area contributed by atoms with E-state index in [1.165, 1.54) is 30.4 Å². The lowest BCUT2D eigenvalue weighted by Gasteiger charge is -2.26. The third kappa shape index (κ3) is 2.06. The maximum absolute atomic E-state index is 9.43. The predicted molar refractivity (Wildman–Crippen MR) is 73.3 cm³/mol. The molecule has 0 radical (unpaired) electrons. The second kappa shape index (κ2) is 4.78. The van der Waals surface area contributed by atoms with E-state index in [4.69, 9.17) is 0 Å². The van der Waals surface area contributed by atoms with Gasteiger partial charge in [-0.1, -0.05) is 17.7 Å². The highest BCUT2D eigenvalue weighted by Gasteiger charge is 2.27. The van der Waals surface area contributed by atoms with E-state index >= 15 is 0 Å². The lowest BCUT2D eigenvalue weighted by molar-refractivity contribution is 0.272. The van der Waals surface area contributed by atoms with Gasteiger partial charge in [0.25, 0.3) is 0 Å². The van der Waals surface area contributed by atoms with Crippen molar-refractivity contribution >= 4 is 0 Å². The van der Waals surface area contributed by atoms with Crippen LogP contribution in [0.15, 0.2) is 18.2 Å². The Morgan fingerprint density at radius 3 is 2.63 bits per heavy atom. The van der Waals surface area contributed by atoms with Crippen LogP contribution in [0.1, 0.15) is 47.7 Å². The first kappa shape index (κ1) is 12.4. The second-order valence-corrected chi connectivity index (χ2v) is 5.39. The van der Waals surface area contributed by atoms with Gasteiger partial charge < -0.3 is 5.11 Å². The molecule has 1 fully saturated rings. The fraction of sp³-hybridized carbons (Fsp3) is 0.467. The zero-order chi connectivity index (χ0) is 13.4. The maximum atomic E-state index is 9.43. The SMILES string of the molecule is Cc1ccc(-n2nnc(CO)c2C2CCC2)cc1C. The number of nitrogens with zero attached hydrogens (tertiary/aromatic N) is 3. The van der Waals surface area contributed by atoms with Gasteiger partial charge in [-0.2, -0.15) is 0 Å². The Morgan fingerprint density at radius 2 is 2.05 bits per heavy atom. The molecule has 1 heterocycles. The van der Waals surface area contributed by atoms with Crippen molar-refractivity contribution in [3.05, 3.63) is 40.7 Å². The van der Waals surface area contributed by atoms with E-state index in [-0.39, 0.29) is 6.61 Å². The van der Waals surface area contributed by atoms with E-state index in [2.05, 4.69) is 42.4 Å². The summed E-state index contributed by atoms with van der Waals surface area (Å²) >= 11 is 0. The molecule has 0 unspecified atom stereocenters. The van der Waals surface area contributed by atoms with Crippen LogP contribution in [-0.2, 0) is 6.61 Å². The number of aryl methyl sites for hydroxylation is 2. The fourth-order valence-corrected chi connectivity index (χ4v) is 2.57. The van der Waals surface area contributed by atoms with Gasteiger partial charge in [-0.3, -0.25) is 0 Å². The van der Waals surface area contributed by atoms with Crippen LogP contribution in [0.2, 0.25) is 0 Å². The highest BCUT2D eigenvalue weighted by atomic mass is 16.3. The van der Waals surface area contributed by atoms with E-state index < -0.39 is 0 Å². The van der Waals surface area contributed by atoms with Crippen LogP contribution >= 0.6 is 0 Å². The first-order chi connectivity index (χ1) is 9.20. The molecule has 3 rings (SSSR count). The van der Waals surface area contributed by atoms with Crippen molar-refractivity contribution in [2.24, 2.45) is 0 Å². The molecule has 1 N–H and O–H groups in total. The van der Waals surface area contributed by atoms with Gasteiger partial charge in [-0.15, -0.1) is 5.10 Å². The predicted octanol–water partition coefficient (Wildman–Crippen LogP) is 2.64. The van der Waals surface area contributed by atoms with Crippen LogP contribution in [-0.4, -0.2) is 20.1 Å². The largest absolute Gasteiger partial charge is 0.390 e. The number of hydrogen-bond acceptors (Lipinski definition) is 3. The molecule has 0 bridgehead atoms. The number of rotatable bonds is 3. The van der Waals surface area contributed by atoms with Crippen molar-refractivity contribution in [2.75, 3.05) is 0 Å². The van der Waals surface area contributed by atoms with Crippen LogP contribution in [0.5, 0.6) is 0 Å². The van der Waals surface area contributed by atoms with E-state index in [1.54, 1.807) is 0 Å². The lowest BCUT2D eigenvalue weighted by atomic mass is 9.82. The highest BCUT2D eigenvalue weighted by molar-refractivity contribution is 5.41. The molecule has 1 aliphatic carbocycles. The van der Waals surface area contributed by atoms with Gasteiger partial charge >= 0.3 is 0 Å². The van der Waals surface area contributed by atoms with Crippen LogP contribution in [0.3, 0.4) is 0 Å². The highest BCUT2D eigenvalue weighted by Crippen LogP contribution is 2.38. The van der Waals surface area contributed by atoms with Gasteiger partial charge in [0.15, 0.2) is 0 Å². The number of hydrogen-bond donors (Lipinski definition) is 1. The quantitative estimate of drug-likeness (QED) is 0.919. The van der Waals surface area contributed by atoms with Gasteiger partial charge in [-0.05, 0) is 49.9 Å². The molecule has 2 aromatic rings. The third-order valence-electron chi connectivity index (χ3n) is 4.16. The summed E-state index contributed by atoms with van der Waals surface area (Å²) in [5.74, 6) is 0.499. The summed E-state index contributed by atoms with van der Waals surface area (Å²) in [4.78, 5) is 0. The first-order valence-electron chi connectivity index (χ1n) is 6.83. The maximum Gasteiger partial charge on any atom is 0.112 e. The number of benzene rings is 1. The molecule has 1 aromatic heterocycles. The molecule has 1 aliphatic rings. The molecule has 0 aliphatic heterocycles. The molecule has 4 nitrogen and oxygen atoms in total. The summed E-state index contributed by atoms with van der Waals surface area (Å²) in [6.45, 7) is 4.18. The molecular formula is C15H19N3O. The molecule has 1 saturated carbocycles. The Morgan fingerprint density at radius 1 is 1.26 bits per heavy atom. The van der Waals surface area contributed by atoms with E-state index in [9.17, 15) is 5.11 Å². The van der Waals surface area contributed by atoms with Gasteiger partial charge in [-0.25, -0.2) is 4.68 Å². The minimum Gasteiger partial charge on any atom is -0.390 e. The summed E-state index contributed by atoms with van der Waals surface area (Å²) in [5, 5.41) is 17.8. The number of aromatic nitrogens is 3. The molecule has 0 amide bonds. The molecular weight excluding hydrogens is 238 g/mol. The summed E-state index contributed by atoms with van der Waals surface area (Å²) in [7, 11) is 0. The van der Waals surface area contributed by atoms with Crippen LogP contribution in [0.4, 0.5) is 0 Å². The Bertz CT molecular complexity index is 599. The third-order valence-corrected chi connectivity index (χ3v) is 4.16. The normalized spacial score (nSPS) is 15.5. The summed E-state index contributed by atoms with van der Waals surface area (Å²) in [6, 6.07) is 6.31. The van der Waals surface area contributed by atoms with E-state index in [0.29, 0.717) is 5.92 Å². The van der Waals surface area contributed by atoms with Gasteiger partial charge in [0.05, 0.1) is 18.0 Å². The van der Waals surface area contributed by atoms with E-state index in [0.717, 1.165) is 17.1 Å².